The van der Waals surface area contributed by atoms with E-state index in [9.17, 15) is 8.42 Å². The maximum absolute atomic E-state index is 11.6. The summed E-state index contributed by atoms with van der Waals surface area (Å²) in [5, 5.41) is 3.30. The number of hydrogen-bond donors (Lipinski definition) is 3. The Labute approximate surface area is 115 Å². The SMILES string of the molecule is CCCS(=O)(=O)NC1CCC(CNC(N)=S)CC1. The van der Waals surface area contributed by atoms with Crippen LogP contribution >= 0.6 is 12.2 Å². The van der Waals surface area contributed by atoms with Gasteiger partial charge in [-0.2, -0.15) is 0 Å². The minimum Gasteiger partial charge on any atom is -0.376 e. The lowest BCUT2D eigenvalue weighted by atomic mass is 9.86. The third-order valence-electron chi connectivity index (χ3n) is 3.23. The van der Waals surface area contributed by atoms with Gasteiger partial charge in [0.2, 0.25) is 10.0 Å². The minimum absolute atomic E-state index is 0.0997. The summed E-state index contributed by atoms with van der Waals surface area (Å²) in [6.07, 6.45) is 4.46. The first-order valence-electron chi connectivity index (χ1n) is 6.46. The van der Waals surface area contributed by atoms with Crippen LogP contribution in [0.2, 0.25) is 0 Å². The van der Waals surface area contributed by atoms with Crippen molar-refractivity contribution < 1.29 is 8.42 Å². The third kappa shape index (κ3) is 5.97. The number of nitrogens with one attached hydrogen (secondary N) is 2. The van der Waals surface area contributed by atoms with E-state index in [1.165, 1.54) is 0 Å². The van der Waals surface area contributed by atoms with Crippen molar-refractivity contribution in [1.82, 2.24) is 10.0 Å². The van der Waals surface area contributed by atoms with Crippen LogP contribution in [-0.4, -0.2) is 31.9 Å². The van der Waals surface area contributed by atoms with Gasteiger partial charge in [-0.25, -0.2) is 13.1 Å². The predicted octanol–water partition coefficient (Wildman–Crippen LogP) is 0.708. The maximum Gasteiger partial charge on any atom is 0.211 e. The average Bonchev–Trinajstić information content (AvgIpc) is 2.27. The van der Waals surface area contributed by atoms with Crippen molar-refractivity contribution in [3.63, 3.8) is 0 Å². The highest BCUT2D eigenvalue weighted by Crippen LogP contribution is 2.24. The molecule has 0 aliphatic heterocycles. The highest BCUT2D eigenvalue weighted by atomic mass is 32.2. The Kier molecular flexibility index (Phi) is 6.31. The molecule has 0 bridgehead atoms. The van der Waals surface area contributed by atoms with Crippen LogP contribution in [-0.2, 0) is 10.0 Å². The molecular weight excluding hydrogens is 270 g/mol. The smallest absolute Gasteiger partial charge is 0.211 e. The highest BCUT2D eigenvalue weighted by Gasteiger charge is 2.24. The first kappa shape index (κ1) is 15.7. The first-order valence-corrected chi connectivity index (χ1v) is 8.52. The molecule has 1 aliphatic carbocycles. The van der Waals surface area contributed by atoms with Crippen LogP contribution < -0.4 is 15.8 Å². The zero-order valence-electron chi connectivity index (χ0n) is 10.8. The lowest BCUT2D eigenvalue weighted by Gasteiger charge is -2.29. The van der Waals surface area contributed by atoms with Gasteiger partial charge in [0, 0.05) is 12.6 Å². The Morgan fingerprint density at radius 1 is 1.33 bits per heavy atom. The molecule has 0 aromatic rings. The van der Waals surface area contributed by atoms with Crippen LogP contribution in [0.4, 0.5) is 0 Å². The summed E-state index contributed by atoms with van der Waals surface area (Å²) in [7, 11) is -3.08. The minimum atomic E-state index is -3.08. The van der Waals surface area contributed by atoms with Crippen LogP contribution in [0.1, 0.15) is 39.0 Å². The Bertz CT molecular complexity index is 362. The van der Waals surface area contributed by atoms with E-state index in [4.69, 9.17) is 18.0 Å². The lowest BCUT2D eigenvalue weighted by molar-refractivity contribution is 0.312. The van der Waals surface area contributed by atoms with E-state index in [1.807, 2.05) is 6.92 Å². The van der Waals surface area contributed by atoms with Gasteiger partial charge in [-0.05, 0) is 50.2 Å². The summed E-state index contributed by atoms with van der Waals surface area (Å²) in [6.45, 7) is 2.67. The van der Waals surface area contributed by atoms with Gasteiger partial charge in [-0.3, -0.25) is 0 Å². The molecule has 1 saturated carbocycles. The van der Waals surface area contributed by atoms with Crippen LogP contribution in [0.3, 0.4) is 0 Å². The van der Waals surface area contributed by atoms with E-state index in [0.29, 0.717) is 17.5 Å². The van der Waals surface area contributed by atoms with Crippen molar-refractivity contribution in [2.24, 2.45) is 11.7 Å². The van der Waals surface area contributed by atoms with Gasteiger partial charge in [0.05, 0.1) is 5.75 Å². The second-order valence-corrected chi connectivity index (χ2v) is 7.21. The summed E-state index contributed by atoms with van der Waals surface area (Å²) >= 11 is 4.76. The standard InChI is InChI=1S/C11H23N3O2S2/c1-2-7-18(15,16)14-10-5-3-9(4-6-10)8-13-11(12)17/h9-10,14H,2-8H2,1H3,(H3,12,13,17). The van der Waals surface area contributed by atoms with Crippen molar-refractivity contribution in [3.8, 4) is 0 Å². The molecule has 0 radical (unpaired) electrons. The molecule has 0 aromatic carbocycles. The number of thiocarbonyl (C=S) groups is 1. The van der Waals surface area contributed by atoms with Crippen molar-refractivity contribution in [2.75, 3.05) is 12.3 Å². The topological polar surface area (TPSA) is 84.2 Å². The summed E-state index contributed by atoms with van der Waals surface area (Å²) in [5.74, 6) is 0.758. The third-order valence-corrected chi connectivity index (χ3v) is 5.01. The van der Waals surface area contributed by atoms with Gasteiger partial charge in [0.25, 0.3) is 0 Å². The molecule has 0 atom stereocenters. The summed E-state index contributed by atoms with van der Waals surface area (Å²) in [6, 6.07) is 0.0997. The van der Waals surface area contributed by atoms with E-state index in [-0.39, 0.29) is 11.8 Å². The molecular formula is C11H23N3O2S2. The molecule has 0 amide bonds. The average molecular weight is 293 g/mol. The lowest BCUT2D eigenvalue weighted by Crippen LogP contribution is -2.41. The number of rotatable bonds is 6. The molecule has 0 aromatic heterocycles. The van der Waals surface area contributed by atoms with E-state index in [1.54, 1.807) is 0 Å². The summed E-state index contributed by atoms with van der Waals surface area (Å²) in [4.78, 5) is 0. The molecule has 7 heteroatoms. The van der Waals surface area contributed by atoms with Crippen LogP contribution in [0.15, 0.2) is 0 Å². The van der Waals surface area contributed by atoms with Crippen molar-refractivity contribution in [2.45, 2.75) is 45.1 Å². The van der Waals surface area contributed by atoms with Crippen LogP contribution in [0.25, 0.3) is 0 Å². The van der Waals surface area contributed by atoms with E-state index in [0.717, 1.165) is 32.2 Å². The second kappa shape index (κ2) is 7.25. The van der Waals surface area contributed by atoms with E-state index < -0.39 is 10.0 Å². The fourth-order valence-electron chi connectivity index (χ4n) is 2.31. The molecule has 106 valence electrons. The fraction of sp³-hybridized carbons (Fsp3) is 0.909. The normalized spacial score (nSPS) is 24.7. The van der Waals surface area contributed by atoms with Crippen molar-refractivity contribution >= 4 is 27.4 Å². The Balaban J connectivity index is 2.29. The van der Waals surface area contributed by atoms with Gasteiger partial charge in [0.15, 0.2) is 5.11 Å². The zero-order valence-corrected chi connectivity index (χ0v) is 12.4. The van der Waals surface area contributed by atoms with Crippen LogP contribution in [0, 0.1) is 5.92 Å². The molecule has 18 heavy (non-hydrogen) atoms. The maximum atomic E-state index is 11.6. The Morgan fingerprint density at radius 3 is 2.44 bits per heavy atom. The molecule has 5 nitrogen and oxygen atoms in total. The zero-order chi connectivity index (χ0) is 13.6. The highest BCUT2D eigenvalue weighted by molar-refractivity contribution is 7.89. The summed E-state index contributed by atoms with van der Waals surface area (Å²) < 4.78 is 26.1. The van der Waals surface area contributed by atoms with E-state index in [2.05, 4.69) is 10.0 Å². The largest absolute Gasteiger partial charge is 0.376 e. The quantitative estimate of drug-likeness (QED) is 0.628. The molecule has 0 spiro atoms. The van der Waals surface area contributed by atoms with Gasteiger partial charge >= 0.3 is 0 Å². The number of sulfonamides is 1. The van der Waals surface area contributed by atoms with Gasteiger partial charge in [-0.15, -0.1) is 0 Å². The first-order chi connectivity index (χ1) is 8.43. The second-order valence-electron chi connectivity index (χ2n) is 4.90. The Morgan fingerprint density at radius 2 is 1.94 bits per heavy atom. The van der Waals surface area contributed by atoms with Crippen molar-refractivity contribution in [1.29, 1.82) is 0 Å². The Hall–Kier alpha value is -0.400. The number of nitrogens with two attached hydrogens (primary N) is 1. The van der Waals surface area contributed by atoms with Crippen molar-refractivity contribution in [3.05, 3.63) is 0 Å². The molecule has 0 heterocycles. The molecule has 1 rings (SSSR count). The monoisotopic (exact) mass is 293 g/mol. The summed E-state index contributed by atoms with van der Waals surface area (Å²) in [5.41, 5.74) is 5.38. The molecule has 0 saturated heterocycles. The number of hydrogen-bond acceptors (Lipinski definition) is 3. The molecule has 1 fully saturated rings. The molecule has 4 N–H and O–H groups in total. The molecule has 0 unspecified atom stereocenters. The van der Waals surface area contributed by atoms with Gasteiger partial charge < -0.3 is 11.1 Å². The fourth-order valence-corrected chi connectivity index (χ4v) is 3.79. The van der Waals surface area contributed by atoms with Gasteiger partial charge in [0.1, 0.15) is 0 Å². The molecule has 1 aliphatic rings. The van der Waals surface area contributed by atoms with Gasteiger partial charge in [-0.1, -0.05) is 6.92 Å². The predicted molar refractivity (Wildman–Crippen MR) is 77.7 cm³/mol. The van der Waals surface area contributed by atoms with Crippen LogP contribution in [0.5, 0.6) is 0 Å². The van der Waals surface area contributed by atoms with E-state index >= 15 is 0 Å².